The van der Waals surface area contributed by atoms with E-state index < -0.39 is 0 Å². The van der Waals surface area contributed by atoms with Crippen molar-refractivity contribution in [3.63, 3.8) is 0 Å². The number of aliphatic hydroxyl groups excluding tert-OH is 1. The largest absolute Gasteiger partial charge is 0.459 e. The van der Waals surface area contributed by atoms with Gasteiger partial charge in [-0.2, -0.15) is 5.26 Å². The quantitative estimate of drug-likeness (QED) is 0.0727. The lowest BCUT2D eigenvalue weighted by molar-refractivity contribution is -0.147. The summed E-state index contributed by atoms with van der Waals surface area (Å²) in [5, 5.41) is 28.0. The van der Waals surface area contributed by atoms with Crippen LogP contribution in [0.4, 0.5) is 0 Å². The molecule has 109 heavy (non-hydrogen) atoms. The summed E-state index contributed by atoms with van der Waals surface area (Å²) in [5.41, 5.74) is 1.78. The molecule has 0 saturated heterocycles. The lowest BCUT2D eigenvalue weighted by Gasteiger charge is -2.42. The van der Waals surface area contributed by atoms with Crippen LogP contribution in [0.15, 0.2) is 87.1 Å². The lowest BCUT2D eigenvalue weighted by atomic mass is 9.69. The zero-order valence-corrected chi connectivity index (χ0v) is 67.7. The van der Waals surface area contributed by atoms with Crippen molar-refractivity contribution in [2.75, 3.05) is 14.1 Å². The van der Waals surface area contributed by atoms with Gasteiger partial charge in [-0.3, -0.25) is 24.0 Å². The van der Waals surface area contributed by atoms with Gasteiger partial charge in [-0.15, -0.1) is 11.6 Å². The first-order valence-corrected chi connectivity index (χ1v) is 43.8. The topological polar surface area (TPSA) is 225 Å². The number of aliphatic hydroxyl groups is 1. The molecule has 0 aliphatic heterocycles. The average Bonchev–Trinajstić information content (AvgIpc) is 1.56. The van der Waals surface area contributed by atoms with E-state index in [9.17, 15) is 38.7 Å². The zero-order chi connectivity index (χ0) is 77.8. The molecule has 0 aromatic carbocycles. The van der Waals surface area contributed by atoms with E-state index in [1.54, 1.807) is 13.8 Å². The molecule has 32 atom stereocenters. The fourth-order valence-corrected chi connectivity index (χ4v) is 27.8. The Bertz CT molecular complexity index is 3360. The van der Waals surface area contributed by atoms with Gasteiger partial charge in [0, 0.05) is 78.4 Å². The summed E-state index contributed by atoms with van der Waals surface area (Å²) in [4.78, 5) is 84.2. The summed E-state index contributed by atoms with van der Waals surface area (Å²) in [6, 6.07) is 4.59. The maximum atomic E-state index is 12.1. The molecule has 16 nitrogen and oxygen atoms in total. The third-order valence-electron chi connectivity index (χ3n) is 32.1. The number of carbonyl (C=O) groups is 7. The molecular weight excluding hydrogens is 1380 g/mol. The Kier molecular flexibility index (Phi) is 27.7. The van der Waals surface area contributed by atoms with Crippen LogP contribution in [0.1, 0.15) is 233 Å². The first-order chi connectivity index (χ1) is 52.3. The molecule has 14 bridgehead atoms. The monoisotopic (exact) mass is 1520 g/mol. The number of amides is 5. The van der Waals surface area contributed by atoms with E-state index in [-0.39, 0.29) is 65.7 Å². The molecule has 5 amide bonds. The summed E-state index contributed by atoms with van der Waals surface area (Å²) in [6.45, 7) is 30.3. The average molecular weight is 1520 g/mol. The van der Waals surface area contributed by atoms with Gasteiger partial charge in [0.25, 0.3) is 0 Å². The van der Waals surface area contributed by atoms with Crippen molar-refractivity contribution in [3.8, 4) is 6.07 Å². The van der Waals surface area contributed by atoms with E-state index in [0.717, 1.165) is 146 Å². The van der Waals surface area contributed by atoms with Gasteiger partial charge >= 0.3 is 11.9 Å². The third-order valence-corrected chi connectivity index (χ3v) is 32.6. The Morgan fingerprint density at radius 3 is 1.24 bits per heavy atom. The number of ether oxygens (including phenoxy) is 2. The van der Waals surface area contributed by atoms with Crippen molar-refractivity contribution in [2.45, 2.75) is 287 Å². The lowest BCUT2D eigenvalue weighted by Crippen LogP contribution is -2.45. The number of nitriles is 1. The minimum absolute atomic E-state index is 0.0184. The van der Waals surface area contributed by atoms with Crippen molar-refractivity contribution < 1.29 is 48.1 Å². The van der Waals surface area contributed by atoms with E-state index in [1.807, 2.05) is 30.8 Å². The van der Waals surface area contributed by atoms with E-state index >= 15 is 0 Å². The van der Waals surface area contributed by atoms with Crippen molar-refractivity contribution in [1.29, 1.82) is 5.26 Å². The van der Waals surface area contributed by atoms with Gasteiger partial charge in [0.1, 0.15) is 12.2 Å². The first kappa shape index (κ1) is 82.7. The van der Waals surface area contributed by atoms with Crippen LogP contribution in [0.5, 0.6) is 0 Å². The second-order valence-corrected chi connectivity index (χ2v) is 38.5. The number of rotatable bonds is 14. The second-order valence-electron chi connectivity index (χ2n) is 37.9. The van der Waals surface area contributed by atoms with Crippen molar-refractivity contribution in [1.82, 2.24) is 25.8 Å². The first-order valence-electron chi connectivity index (χ1n) is 43.3. The molecule has 0 radical (unpaired) electrons. The highest BCUT2D eigenvalue weighted by molar-refractivity contribution is 6.21. The second kappa shape index (κ2) is 36.6. The molecule has 17 heteroatoms. The SMILES string of the molecule is C=C(C)C(=O)N(C)C1CC2CC1C1CCCCC21.C=C(C)C(=O)NC1CC2CC1C1CCCCC21.C=C(C)C(=O)OC1CC2CC1CC2C#N.C=CC(=O)N(C)C1CC2CC1C1CCCCC21.C=CC(=O)NC1CC2CC1C1CCCCC21.C=CC(=O)NC1CC2CC1CC2Cl.C=CC(=O)OC1CC2CC1CC2O. The summed E-state index contributed by atoms with van der Waals surface area (Å²) < 4.78 is 10.5. The molecule has 32 unspecified atom stereocenters. The fourth-order valence-electron chi connectivity index (χ4n) is 27.3. The predicted molar refractivity (Wildman–Crippen MR) is 428 cm³/mol. The summed E-state index contributed by atoms with van der Waals surface area (Å²) in [6.07, 6.45) is 47.4. The van der Waals surface area contributed by atoms with Gasteiger partial charge in [-0.25, -0.2) is 9.59 Å². The van der Waals surface area contributed by atoms with E-state index in [4.69, 9.17) is 26.3 Å². The molecule has 18 aliphatic rings. The molecule has 18 aliphatic carbocycles. The highest BCUT2D eigenvalue weighted by atomic mass is 35.5. The van der Waals surface area contributed by atoms with Crippen LogP contribution in [-0.4, -0.2) is 124 Å². The Labute approximate surface area is 658 Å². The van der Waals surface area contributed by atoms with Crippen molar-refractivity contribution in [3.05, 3.63) is 87.1 Å². The van der Waals surface area contributed by atoms with Crippen LogP contribution in [0.3, 0.4) is 0 Å². The van der Waals surface area contributed by atoms with Crippen LogP contribution in [0, 0.1) is 147 Å². The maximum Gasteiger partial charge on any atom is 0.333 e. The molecule has 0 aromatic rings. The number of nitrogens with one attached hydrogen (secondary N) is 3. The summed E-state index contributed by atoms with van der Waals surface area (Å²) >= 11 is 6.11. The van der Waals surface area contributed by atoms with Crippen LogP contribution in [-0.2, 0) is 43.0 Å². The molecule has 18 rings (SSSR count). The zero-order valence-electron chi connectivity index (χ0n) is 66.9. The molecular formula is C92H135ClN6O10. The molecule has 18 fully saturated rings. The Morgan fingerprint density at radius 2 is 0.835 bits per heavy atom. The number of hydrogen-bond acceptors (Lipinski definition) is 11. The van der Waals surface area contributed by atoms with E-state index in [0.29, 0.717) is 87.8 Å². The number of halogens is 1. The Hall–Kier alpha value is -5.79. The number of esters is 2. The van der Waals surface area contributed by atoms with Gasteiger partial charge in [0.05, 0.1) is 12.2 Å². The Balaban J connectivity index is 0.000000119. The minimum atomic E-state index is -0.341. The number of nitrogens with zero attached hydrogens (tertiary/aromatic N) is 3. The number of alkyl halides is 1. The third kappa shape index (κ3) is 18.4. The molecule has 0 aromatic heterocycles. The molecule has 0 heterocycles. The molecule has 4 N–H and O–H groups in total. The van der Waals surface area contributed by atoms with Gasteiger partial charge < -0.3 is 40.3 Å². The number of likely N-dealkylation sites (N-methyl/N-ethyl adjacent to an activating group) is 2. The summed E-state index contributed by atoms with van der Waals surface area (Å²) in [5.74, 6) is 17.1. The Morgan fingerprint density at radius 1 is 0.413 bits per heavy atom. The van der Waals surface area contributed by atoms with Crippen molar-refractivity contribution >= 4 is 53.1 Å². The van der Waals surface area contributed by atoms with E-state index in [1.165, 1.54) is 185 Å². The molecule has 0 spiro atoms. The number of fused-ring (bicyclic) bond motifs is 26. The van der Waals surface area contributed by atoms with Crippen molar-refractivity contribution in [2.24, 2.45) is 136 Å². The highest BCUT2D eigenvalue weighted by Crippen LogP contribution is 2.62. The molecule has 600 valence electrons. The van der Waals surface area contributed by atoms with Gasteiger partial charge in [0.15, 0.2) is 0 Å². The van der Waals surface area contributed by atoms with Crippen LogP contribution < -0.4 is 16.0 Å². The van der Waals surface area contributed by atoms with Gasteiger partial charge in [-0.05, 0) is 330 Å². The fraction of sp³-hybridized carbons (Fsp3) is 0.761. The number of hydrogen-bond donors (Lipinski definition) is 4. The smallest absolute Gasteiger partial charge is 0.333 e. The van der Waals surface area contributed by atoms with E-state index in [2.05, 4.69) is 68.1 Å². The maximum absolute atomic E-state index is 12.1. The van der Waals surface area contributed by atoms with Crippen LogP contribution in [0.2, 0.25) is 0 Å². The standard InChI is InChI=1S/C16H25NO.2C15H23NO.C14H21NO.C12H15NO2.C10H14ClNO.C10H14O3/c1-10(2)16(18)17(3)15-9-11-8-14(15)13-7-5-4-6-12(11)13;1-9(2)15(17)16-14-8-10-7-13(14)12-6-4-3-5-11(10)12;1-3-15(17)16(2)14-9-10-8-13(14)12-7-5-4-6-11(10)12;1-2-14(16)15-13-8-9-7-12(13)11-6-4-3-5-10(9)11;1-7(2)12(14)15-11-5-8-3-9(11)4-10(8)6-13;1-2-10(13)12-9-5-6-3-7(9)4-8(6)11;1-2-10(12)13-9-5-6-3-7(9)4-8(6)11/h11-15H,1,4-9H2,2-3H3;10-14H,1,3-8H2,2H3,(H,16,17);3,10-14H,1,4-9H2,2H3;2,9-13H,1,3-8H2,(H,15,16);8-11H,1,3-5H2,2H3;2,6-9H,1,3-5H2,(H,12,13);2,6-9,11H,1,3-5H2. The highest BCUT2D eigenvalue weighted by Gasteiger charge is 2.58. The van der Waals surface area contributed by atoms with Crippen LogP contribution >= 0.6 is 11.6 Å². The minimum Gasteiger partial charge on any atom is -0.459 e. The van der Waals surface area contributed by atoms with Gasteiger partial charge in [0.2, 0.25) is 29.5 Å². The van der Waals surface area contributed by atoms with Crippen LogP contribution in [0.25, 0.3) is 0 Å². The normalized spacial score (nSPS) is 42.1. The van der Waals surface area contributed by atoms with Gasteiger partial charge in [-0.1, -0.05) is 97.4 Å². The number of carbonyl (C=O) groups excluding carboxylic acids is 7. The predicted octanol–water partition coefficient (Wildman–Crippen LogP) is 16.1. The molecule has 18 saturated carbocycles. The summed E-state index contributed by atoms with van der Waals surface area (Å²) in [7, 11) is 3.95.